The zero-order valence-electron chi connectivity index (χ0n) is 21.5. The molecule has 7 nitrogen and oxygen atoms in total. The van der Waals surface area contributed by atoms with Gasteiger partial charge < -0.3 is 24.6 Å². The second-order valence-electron chi connectivity index (χ2n) is 9.70. The molecule has 0 amide bonds. The molecule has 0 aromatic rings. The normalized spacial score (nSPS) is 11.8. The minimum Gasteiger partial charge on any atom is -0.544 e. The third-order valence-corrected chi connectivity index (χ3v) is 6.30. The summed E-state index contributed by atoms with van der Waals surface area (Å²) in [6, 6.07) is 0. The Hall–Kier alpha value is -1.89. The lowest BCUT2D eigenvalue weighted by molar-refractivity contribution is -0.909. The maximum Gasteiger partial charge on any atom is 0.359 e. The summed E-state index contributed by atoms with van der Waals surface area (Å²) in [5.74, 6) is -3.82. The molecule has 0 fully saturated rings. The van der Waals surface area contributed by atoms with E-state index in [1.165, 1.54) is 70.6 Å². The topological polar surface area (TPSA) is 115 Å². The van der Waals surface area contributed by atoms with Gasteiger partial charge in [0.25, 0.3) is 0 Å². The molecule has 34 heavy (non-hydrogen) atoms. The zero-order chi connectivity index (χ0) is 25.5. The summed E-state index contributed by atoms with van der Waals surface area (Å²) in [6.07, 6.45) is 24.8. The van der Waals surface area contributed by atoms with Crippen LogP contribution in [0.5, 0.6) is 0 Å². The second-order valence-corrected chi connectivity index (χ2v) is 9.70. The lowest BCUT2D eigenvalue weighted by Gasteiger charge is -2.36. The van der Waals surface area contributed by atoms with E-state index in [-0.39, 0.29) is 6.54 Å². The third kappa shape index (κ3) is 20.7. The highest BCUT2D eigenvalue weighted by atomic mass is 16.4. The van der Waals surface area contributed by atoms with Crippen molar-refractivity contribution in [1.82, 2.24) is 0 Å². The molecule has 0 spiro atoms. The number of nitrogens with zero attached hydrogens (tertiary/aromatic N) is 1. The number of hydrogen-bond donors (Lipinski definition) is 2. The Labute approximate surface area is 206 Å². The fraction of sp³-hybridized carbons (Fsp3) is 0.815. The Kier molecular flexibility index (Phi) is 20.4. The standard InChI is InChI=1S/C27H49NO6/c1-2-3-4-5-6-7-8-9-10-11-12-13-14-15-16-17-18-19-20-21-28(22-25(29)30,23-26(31)32)24-27(33)34/h10-11H,2-9,12-24H2,1H3,(H2-,29,30,31,32,33,34)/b11-10+. The van der Waals surface area contributed by atoms with E-state index >= 15 is 0 Å². The summed E-state index contributed by atoms with van der Waals surface area (Å²) in [6.45, 7) is 0.840. The number of quaternary nitrogens is 1. The molecule has 0 rings (SSSR count). The van der Waals surface area contributed by atoms with Crippen molar-refractivity contribution in [2.24, 2.45) is 0 Å². The van der Waals surface area contributed by atoms with Crippen molar-refractivity contribution >= 4 is 17.9 Å². The monoisotopic (exact) mass is 483 g/mol. The van der Waals surface area contributed by atoms with Crippen molar-refractivity contribution in [2.45, 2.75) is 116 Å². The molecule has 0 saturated carbocycles. The van der Waals surface area contributed by atoms with E-state index in [1.807, 2.05) is 0 Å². The summed E-state index contributed by atoms with van der Waals surface area (Å²) in [5, 5.41) is 29.3. The second kappa shape index (κ2) is 21.6. The molecule has 0 aliphatic heterocycles. The molecule has 0 aromatic carbocycles. The van der Waals surface area contributed by atoms with Gasteiger partial charge in [0.05, 0.1) is 12.5 Å². The van der Waals surface area contributed by atoms with Gasteiger partial charge in [-0.2, -0.15) is 0 Å². The van der Waals surface area contributed by atoms with E-state index in [0.29, 0.717) is 6.42 Å². The van der Waals surface area contributed by atoms with Gasteiger partial charge in [-0.3, -0.25) is 0 Å². The SMILES string of the molecule is CCCCCCCCC/C=C/CCCCCCCCCC[N+](CC(=O)[O-])(CC(=O)O)CC(=O)O. The van der Waals surface area contributed by atoms with Gasteiger partial charge in [-0.05, 0) is 38.5 Å². The van der Waals surface area contributed by atoms with Crippen LogP contribution in [0.3, 0.4) is 0 Å². The molecule has 0 aliphatic rings. The summed E-state index contributed by atoms with van der Waals surface area (Å²) in [5.41, 5.74) is 0. The van der Waals surface area contributed by atoms with Crippen LogP contribution in [0.4, 0.5) is 0 Å². The molecule has 7 heteroatoms. The highest BCUT2D eigenvalue weighted by Crippen LogP contribution is 2.14. The molecule has 0 atom stereocenters. The predicted molar refractivity (Wildman–Crippen MR) is 133 cm³/mol. The Balaban J connectivity index is 3.77. The number of hydrogen-bond acceptors (Lipinski definition) is 4. The Morgan fingerprint density at radius 3 is 1.38 bits per heavy atom. The Morgan fingerprint density at radius 1 is 0.618 bits per heavy atom. The van der Waals surface area contributed by atoms with Gasteiger partial charge in [0.1, 0.15) is 6.54 Å². The molecule has 0 saturated heterocycles. The van der Waals surface area contributed by atoms with E-state index in [1.54, 1.807) is 0 Å². The van der Waals surface area contributed by atoms with Crippen LogP contribution in [0.1, 0.15) is 116 Å². The average Bonchev–Trinajstić information content (AvgIpc) is 2.73. The van der Waals surface area contributed by atoms with Crippen LogP contribution in [0, 0.1) is 0 Å². The zero-order valence-corrected chi connectivity index (χ0v) is 21.5. The lowest BCUT2D eigenvalue weighted by Crippen LogP contribution is -2.59. The number of carboxylic acids is 3. The first-order valence-electron chi connectivity index (χ1n) is 13.4. The largest absolute Gasteiger partial charge is 0.544 e. The van der Waals surface area contributed by atoms with E-state index in [4.69, 9.17) is 10.2 Å². The summed E-state index contributed by atoms with van der Waals surface area (Å²) in [7, 11) is 0. The van der Waals surface area contributed by atoms with Crippen molar-refractivity contribution in [3.05, 3.63) is 12.2 Å². The average molecular weight is 484 g/mol. The molecule has 0 radical (unpaired) electrons. The van der Waals surface area contributed by atoms with Crippen LogP contribution in [0.15, 0.2) is 12.2 Å². The van der Waals surface area contributed by atoms with Crippen LogP contribution < -0.4 is 5.11 Å². The van der Waals surface area contributed by atoms with Crippen LogP contribution >= 0.6 is 0 Å². The maximum atomic E-state index is 11.2. The number of unbranched alkanes of at least 4 members (excludes halogenated alkanes) is 15. The Bertz CT molecular complexity index is 535. The molecular formula is C27H49NO6. The third-order valence-electron chi connectivity index (χ3n) is 6.30. The fourth-order valence-electron chi connectivity index (χ4n) is 4.48. The minimum atomic E-state index is -1.42. The van der Waals surface area contributed by atoms with Crippen LogP contribution in [-0.4, -0.2) is 58.8 Å². The van der Waals surface area contributed by atoms with Crippen LogP contribution in [-0.2, 0) is 14.4 Å². The quantitative estimate of drug-likeness (QED) is 0.108. The fourth-order valence-corrected chi connectivity index (χ4v) is 4.48. The molecule has 0 aromatic heterocycles. The van der Waals surface area contributed by atoms with Gasteiger partial charge >= 0.3 is 11.9 Å². The van der Waals surface area contributed by atoms with Crippen molar-refractivity contribution in [1.29, 1.82) is 0 Å². The van der Waals surface area contributed by atoms with Crippen molar-refractivity contribution in [3.8, 4) is 0 Å². The highest BCUT2D eigenvalue weighted by molar-refractivity contribution is 5.72. The first-order valence-corrected chi connectivity index (χ1v) is 13.4. The van der Waals surface area contributed by atoms with Crippen LogP contribution in [0.25, 0.3) is 0 Å². The number of carboxylic acid groups (broad SMARTS) is 3. The van der Waals surface area contributed by atoms with Crippen molar-refractivity contribution in [2.75, 3.05) is 26.2 Å². The Morgan fingerprint density at radius 2 is 1.00 bits per heavy atom. The maximum absolute atomic E-state index is 11.2. The molecule has 2 N–H and O–H groups in total. The number of allylic oxidation sites excluding steroid dienone is 2. The molecule has 0 unspecified atom stereocenters. The van der Waals surface area contributed by atoms with E-state index in [0.717, 1.165) is 32.1 Å². The van der Waals surface area contributed by atoms with E-state index in [2.05, 4.69) is 19.1 Å². The van der Waals surface area contributed by atoms with Gasteiger partial charge in [0.15, 0.2) is 13.1 Å². The first kappa shape index (κ1) is 32.1. The molecule has 0 heterocycles. The lowest BCUT2D eigenvalue weighted by atomic mass is 10.1. The van der Waals surface area contributed by atoms with Crippen molar-refractivity contribution in [3.63, 3.8) is 0 Å². The number of rotatable bonds is 25. The summed E-state index contributed by atoms with van der Waals surface area (Å²) >= 11 is 0. The molecule has 198 valence electrons. The summed E-state index contributed by atoms with van der Waals surface area (Å²) < 4.78 is -0.501. The number of carbonyl (C=O) groups excluding carboxylic acids is 1. The van der Waals surface area contributed by atoms with Gasteiger partial charge in [-0.15, -0.1) is 0 Å². The van der Waals surface area contributed by atoms with Gasteiger partial charge in [0.2, 0.25) is 0 Å². The summed E-state index contributed by atoms with van der Waals surface area (Å²) in [4.78, 5) is 33.4. The number of carbonyl (C=O) groups is 3. The predicted octanol–water partition coefficient (Wildman–Crippen LogP) is 4.93. The molecular weight excluding hydrogens is 434 g/mol. The smallest absolute Gasteiger partial charge is 0.359 e. The first-order chi connectivity index (χ1) is 16.3. The molecule has 0 bridgehead atoms. The van der Waals surface area contributed by atoms with Crippen molar-refractivity contribution < 1.29 is 34.2 Å². The van der Waals surface area contributed by atoms with Gasteiger partial charge in [-0.25, -0.2) is 9.59 Å². The van der Waals surface area contributed by atoms with Gasteiger partial charge in [-0.1, -0.05) is 89.7 Å². The highest BCUT2D eigenvalue weighted by Gasteiger charge is 2.33. The molecule has 0 aliphatic carbocycles. The van der Waals surface area contributed by atoms with Gasteiger partial charge in [0, 0.05) is 0 Å². The minimum absolute atomic E-state index is 0.220. The van der Waals surface area contributed by atoms with E-state index < -0.39 is 42.0 Å². The van der Waals surface area contributed by atoms with E-state index in [9.17, 15) is 19.5 Å². The number of aliphatic carboxylic acids is 3. The van der Waals surface area contributed by atoms with Crippen LogP contribution in [0.2, 0.25) is 0 Å².